The minimum absolute atomic E-state index is 0.324. The van der Waals surface area contributed by atoms with Crippen LogP contribution in [-0.4, -0.2) is 44.3 Å². The van der Waals surface area contributed by atoms with Crippen molar-refractivity contribution in [3.8, 4) is 0 Å². The topological polar surface area (TPSA) is 38.5 Å². The van der Waals surface area contributed by atoms with Gasteiger partial charge in [0, 0.05) is 25.7 Å². The molecule has 3 heteroatoms. The van der Waals surface area contributed by atoms with Crippen LogP contribution in [0.15, 0.2) is 0 Å². The number of nitrogens with two attached hydrogens (primary N) is 1. The number of rotatable bonds is 5. The molecule has 0 aromatic rings. The van der Waals surface area contributed by atoms with Gasteiger partial charge in [-0.2, -0.15) is 0 Å². The Labute approximate surface area is 87.6 Å². The highest BCUT2D eigenvalue weighted by Crippen LogP contribution is 2.14. The van der Waals surface area contributed by atoms with E-state index in [1.807, 2.05) is 0 Å². The zero-order valence-corrected chi connectivity index (χ0v) is 9.54. The van der Waals surface area contributed by atoms with Gasteiger partial charge in [-0.05, 0) is 32.2 Å². The van der Waals surface area contributed by atoms with Gasteiger partial charge >= 0.3 is 0 Å². The van der Waals surface area contributed by atoms with Gasteiger partial charge < -0.3 is 15.4 Å². The molecule has 1 heterocycles. The van der Waals surface area contributed by atoms with E-state index >= 15 is 0 Å². The van der Waals surface area contributed by atoms with Crippen molar-refractivity contribution in [2.75, 3.05) is 33.4 Å². The Morgan fingerprint density at radius 1 is 1.57 bits per heavy atom. The van der Waals surface area contributed by atoms with Crippen LogP contribution in [0.5, 0.6) is 0 Å². The third kappa shape index (κ3) is 4.40. The fourth-order valence-electron chi connectivity index (χ4n) is 2.00. The van der Waals surface area contributed by atoms with E-state index in [1.165, 1.54) is 12.8 Å². The number of hydrogen-bond acceptors (Lipinski definition) is 3. The van der Waals surface area contributed by atoms with Crippen molar-refractivity contribution in [3.05, 3.63) is 0 Å². The lowest BCUT2D eigenvalue weighted by Gasteiger charge is -2.28. The molecule has 0 aromatic carbocycles. The third-order valence-electron chi connectivity index (χ3n) is 2.90. The predicted molar refractivity (Wildman–Crippen MR) is 59.3 cm³/mol. The average molecular weight is 200 g/mol. The molecule has 1 aliphatic heterocycles. The molecule has 0 aromatic heterocycles. The molecule has 0 amide bonds. The molecule has 3 nitrogen and oxygen atoms in total. The Balaban J connectivity index is 2.14. The van der Waals surface area contributed by atoms with Gasteiger partial charge in [-0.15, -0.1) is 0 Å². The van der Waals surface area contributed by atoms with Crippen LogP contribution in [0.1, 0.15) is 26.2 Å². The van der Waals surface area contributed by atoms with Crippen LogP contribution in [0.25, 0.3) is 0 Å². The molecule has 1 rings (SSSR count). The van der Waals surface area contributed by atoms with Gasteiger partial charge in [0.25, 0.3) is 0 Å². The van der Waals surface area contributed by atoms with Gasteiger partial charge in [-0.1, -0.05) is 6.92 Å². The van der Waals surface area contributed by atoms with Gasteiger partial charge in [0.15, 0.2) is 0 Å². The van der Waals surface area contributed by atoms with E-state index in [0.29, 0.717) is 6.04 Å². The molecule has 0 radical (unpaired) electrons. The van der Waals surface area contributed by atoms with Crippen molar-refractivity contribution < 1.29 is 4.74 Å². The van der Waals surface area contributed by atoms with Crippen molar-refractivity contribution in [1.29, 1.82) is 0 Å². The van der Waals surface area contributed by atoms with Crippen molar-refractivity contribution in [2.24, 2.45) is 11.7 Å². The molecule has 2 unspecified atom stereocenters. The first-order chi connectivity index (χ1) is 6.72. The molecule has 14 heavy (non-hydrogen) atoms. The quantitative estimate of drug-likeness (QED) is 0.722. The Kier molecular flexibility index (Phi) is 5.45. The lowest BCUT2D eigenvalue weighted by atomic mass is 10.0. The third-order valence-corrected chi connectivity index (χ3v) is 2.90. The van der Waals surface area contributed by atoms with Crippen LogP contribution in [0, 0.1) is 5.92 Å². The number of likely N-dealkylation sites (N-methyl/N-ethyl adjacent to an activating group) is 1. The second kappa shape index (κ2) is 6.38. The molecular weight excluding hydrogens is 176 g/mol. The van der Waals surface area contributed by atoms with E-state index in [1.54, 1.807) is 0 Å². The van der Waals surface area contributed by atoms with Gasteiger partial charge in [0.05, 0.1) is 6.61 Å². The summed E-state index contributed by atoms with van der Waals surface area (Å²) in [5.41, 5.74) is 5.91. The van der Waals surface area contributed by atoms with E-state index in [2.05, 4.69) is 18.9 Å². The molecule has 0 saturated carbocycles. The van der Waals surface area contributed by atoms with E-state index in [9.17, 15) is 0 Å². The zero-order chi connectivity index (χ0) is 10.4. The predicted octanol–water partition coefficient (Wildman–Crippen LogP) is 1.08. The summed E-state index contributed by atoms with van der Waals surface area (Å²) in [5, 5.41) is 0. The molecule has 0 bridgehead atoms. The van der Waals surface area contributed by atoms with Crippen LogP contribution >= 0.6 is 0 Å². The SMILES string of the molecule is CCC(N)CN(C)CC1CCCOC1. The first-order valence-corrected chi connectivity index (χ1v) is 5.74. The molecule has 2 N–H and O–H groups in total. The number of ether oxygens (including phenoxy) is 1. The fraction of sp³-hybridized carbons (Fsp3) is 1.00. The lowest BCUT2D eigenvalue weighted by Crippen LogP contribution is -2.38. The Hall–Kier alpha value is -0.120. The first kappa shape index (κ1) is 12.0. The minimum atomic E-state index is 0.324. The van der Waals surface area contributed by atoms with E-state index in [0.717, 1.165) is 38.6 Å². The van der Waals surface area contributed by atoms with Crippen LogP contribution in [0.4, 0.5) is 0 Å². The summed E-state index contributed by atoms with van der Waals surface area (Å²) in [4.78, 5) is 2.34. The summed E-state index contributed by atoms with van der Waals surface area (Å²) in [6, 6.07) is 0.324. The maximum Gasteiger partial charge on any atom is 0.0506 e. The standard InChI is InChI=1S/C11H24N2O/c1-3-11(12)8-13(2)7-10-5-4-6-14-9-10/h10-11H,3-9,12H2,1-2H3. The normalized spacial score (nSPS) is 25.3. The highest BCUT2D eigenvalue weighted by atomic mass is 16.5. The van der Waals surface area contributed by atoms with Crippen molar-refractivity contribution in [1.82, 2.24) is 4.90 Å². The fourth-order valence-corrected chi connectivity index (χ4v) is 2.00. The largest absolute Gasteiger partial charge is 0.381 e. The average Bonchev–Trinajstić information content (AvgIpc) is 2.19. The summed E-state index contributed by atoms with van der Waals surface area (Å²) in [6.07, 6.45) is 3.59. The highest BCUT2D eigenvalue weighted by molar-refractivity contribution is 4.70. The summed E-state index contributed by atoms with van der Waals surface area (Å²) in [6.45, 7) is 6.17. The van der Waals surface area contributed by atoms with Crippen LogP contribution in [-0.2, 0) is 4.74 Å². The van der Waals surface area contributed by atoms with E-state index in [-0.39, 0.29) is 0 Å². The van der Waals surface area contributed by atoms with Gasteiger partial charge in [-0.25, -0.2) is 0 Å². The highest BCUT2D eigenvalue weighted by Gasteiger charge is 2.16. The van der Waals surface area contributed by atoms with Gasteiger partial charge in [0.1, 0.15) is 0 Å². The summed E-state index contributed by atoms with van der Waals surface area (Å²) in [7, 11) is 2.16. The maximum atomic E-state index is 5.91. The molecule has 84 valence electrons. The van der Waals surface area contributed by atoms with Crippen molar-refractivity contribution >= 4 is 0 Å². The van der Waals surface area contributed by atoms with Gasteiger partial charge in [-0.3, -0.25) is 0 Å². The smallest absolute Gasteiger partial charge is 0.0506 e. The molecule has 1 saturated heterocycles. The zero-order valence-electron chi connectivity index (χ0n) is 9.54. The minimum Gasteiger partial charge on any atom is -0.381 e. The van der Waals surface area contributed by atoms with Gasteiger partial charge in [0.2, 0.25) is 0 Å². The number of hydrogen-bond donors (Lipinski definition) is 1. The summed E-state index contributed by atoms with van der Waals surface area (Å²) >= 11 is 0. The Morgan fingerprint density at radius 3 is 2.93 bits per heavy atom. The molecule has 1 aliphatic rings. The van der Waals surface area contributed by atoms with Crippen LogP contribution < -0.4 is 5.73 Å². The summed E-state index contributed by atoms with van der Waals surface area (Å²) < 4.78 is 5.46. The molecule has 0 aliphatic carbocycles. The second-order valence-electron chi connectivity index (χ2n) is 4.47. The molecule has 0 spiro atoms. The van der Waals surface area contributed by atoms with E-state index in [4.69, 9.17) is 10.5 Å². The molecule has 1 fully saturated rings. The van der Waals surface area contributed by atoms with Crippen molar-refractivity contribution in [2.45, 2.75) is 32.2 Å². The maximum absolute atomic E-state index is 5.91. The summed E-state index contributed by atoms with van der Waals surface area (Å²) in [5.74, 6) is 0.720. The monoisotopic (exact) mass is 200 g/mol. The van der Waals surface area contributed by atoms with Crippen LogP contribution in [0.3, 0.4) is 0 Å². The Morgan fingerprint density at radius 2 is 2.36 bits per heavy atom. The van der Waals surface area contributed by atoms with E-state index < -0.39 is 0 Å². The molecular formula is C11H24N2O. The van der Waals surface area contributed by atoms with Crippen molar-refractivity contribution in [3.63, 3.8) is 0 Å². The molecule has 2 atom stereocenters. The van der Waals surface area contributed by atoms with Crippen LogP contribution in [0.2, 0.25) is 0 Å². The Bertz CT molecular complexity index is 146. The lowest BCUT2D eigenvalue weighted by molar-refractivity contribution is 0.0414. The number of nitrogens with zero attached hydrogens (tertiary/aromatic N) is 1. The second-order valence-corrected chi connectivity index (χ2v) is 4.47. The first-order valence-electron chi connectivity index (χ1n) is 5.74.